The number of para-hydroxylation sites is 1. The summed E-state index contributed by atoms with van der Waals surface area (Å²) in [6.07, 6.45) is 3.05. The highest BCUT2D eigenvalue weighted by molar-refractivity contribution is 6.02. The molecule has 18 heavy (non-hydrogen) atoms. The summed E-state index contributed by atoms with van der Waals surface area (Å²) in [4.78, 5) is 11.6. The number of nitrogens with zero attached hydrogens (tertiary/aromatic N) is 1. The summed E-state index contributed by atoms with van der Waals surface area (Å²) in [5, 5.41) is 11.5. The smallest absolute Gasteiger partial charge is 0.262 e. The Bertz CT molecular complexity index is 513. The van der Waals surface area contributed by atoms with E-state index in [2.05, 4.69) is 11.9 Å². The average Bonchev–Trinajstić information content (AvgIpc) is 2.42. The Balaban J connectivity index is 3.01. The minimum Gasteiger partial charge on any atom is -0.496 e. The van der Waals surface area contributed by atoms with Crippen LogP contribution in [0.5, 0.6) is 5.75 Å². The molecule has 0 saturated carbocycles. The molecule has 1 N–H and O–H groups in total. The largest absolute Gasteiger partial charge is 0.496 e. The van der Waals surface area contributed by atoms with E-state index < -0.39 is 5.91 Å². The van der Waals surface area contributed by atoms with Crippen molar-refractivity contribution in [3.8, 4) is 11.8 Å². The van der Waals surface area contributed by atoms with Crippen LogP contribution in [0.15, 0.2) is 42.5 Å². The van der Waals surface area contributed by atoms with E-state index >= 15 is 0 Å². The number of hydrogen-bond acceptors (Lipinski definition) is 3. The second kappa shape index (κ2) is 6.92. The molecule has 0 aliphatic heterocycles. The van der Waals surface area contributed by atoms with Gasteiger partial charge >= 0.3 is 0 Å². The van der Waals surface area contributed by atoms with E-state index in [1.54, 1.807) is 18.2 Å². The van der Waals surface area contributed by atoms with Crippen molar-refractivity contribution < 1.29 is 9.53 Å². The number of nitriles is 1. The van der Waals surface area contributed by atoms with Crippen LogP contribution in [-0.2, 0) is 4.79 Å². The van der Waals surface area contributed by atoms with E-state index in [9.17, 15) is 4.79 Å². The van der Waals surface area contributed by atoms with Gasteiger partial charge in [-0.15, -0.1) is 6.58 Å². The van der Waals surface area contributed by atoms with Gasteiger partial charge in [-0.25, -0.2) is 0 Å². The van der Waals surface area contributed by atoms with Crippen molar-refractivity contribution in [3.05, 3.63) is 48.1 Å². The summed E-state index contributed by atoms with van der Waals surface area (Å²) in [6, 6.07) is 9.04. The van der Waals surface area contributed by atoms with Crippen LogP contribution >= 0.6 is 0 Å². The molecule has 0 unspecified atom stereocenters. The average molecular weight is 242 g/mol. The van der Waals surface area contributed by atoms with Gasteiger partial charge in [0.25, 0.3) is 5.91 Å². The zero-order valence-electron chi connectivity index (χ0n) is 10.1. The van der Waals surface area contributed by atoms with Crippen LogP contribution in [0.2, 0.25) is 0 Å². The van der Waals surface area contributed by atoms with Crippen LogP contribution in [0.3, 0.4) is 0 Å². The third-order valence-corrected chi connectivity index (χ3v) is 2.21. The fourth-order valence-electron chi connectivity index (χ4n) is 1.35. The van der Waals surface area contributed by atoms with Crippen LogP contribution in [0.1, 0.15) is 5.56 Å². The maximum Gasteiger partial charge on any atom is 0.262 e. The molecule has 0 atom stereocenters. The Kier molecular flexibility index (Phi) is 5.20. The molecule has 0 heterocycles. The standard InChI is InChI=1S/C14H14N2O2/c1-3-8-16-14(17)12(10-15)9-11-6-4-5-7-13(11)18-2/h3-7,9H,1,8H2,2H3,(H,16,17). The SMILES string of the molecule is C=CCNC(=O)C(C#N)=Cc1ccccc1OC. The first-order valence-electron chi connectivity index (χ1n) is 5.36. The van der Waals surface area contributed by atoms with E-state index in [4.69, 9.17) is 10.00 Å². The fraction of sp³-hybridized carbons (Fsp3) is 0.143. The topological polar surface area (TPSA) is 62.1 Å². The van der Waals surface area contributed by atoms with Crippen LogP contribution in [0.4, 0.5) is 0 Å². The number of carbonyl (C=O) groups excluding carboxylic acids is 1. The molecule has 1 aromatic rings. The number of ether oxygens (including phenoxy) is 1. The van der Waals surface area contributed by atoms with Crippen molar-refractivity contribution in [3.63, 3.8) is 0 Å². The zero-order valence-corrected chi connectivity index (χ0v) is 10.1. The Morgan fingerprint density at radius 1 is 1.56 bits per heavy atom. The number of carbonyl (C=O) groups is 1. The molecular formula is C14H14N2O2. The summed E-state index contributed by atoms with van der Waals surface area (Å²) in [7, 11) is 1.54. The lowest BCUT2D eigenvalue weighted by Gasteiger charge is -2.05. The zero-order chi connectivity index (χ0) is 13.4. The van der Waals surface area contributed by atoms with E-state index in [1.165, 1.54) is 13.2 Å². The van der Waals surface area contributed by atoms with Crippen molar-refractivity contribution in [1.29, 1.82) is 5.26 Å². The number of rotatable bonds is 5. The predicted octanol–water partition coefficient (Wildman–Crippen LogP) is 1.90. The van der Waals surface area contributed by atoms with E-state index in [-0.39, 0.29) is 5.57 Å². The van der Waals surface area contributed by atoms with Gasteiger partial charge < -0.3 is 10.1 Å². The number of methoxy groups -OCH3 is 1. The first-order chi connectivity index (χ1) is 8.72. The number of nitrogens with one attached hydrogen (secondary N) is 1. The summed E-state index contributed by atoms with van der Waals surface area (Å²) < 4.78 is 5.15. The molecule has 0 aliphatic rings. The number of benzene rings is 1. The molecule has 1 amide bonds. The summed E-state index contributed by atoms with van der Waals surface area (Å²) >= 11 is 0. The highest BCUT2D eigenvalue weighted by Crippen LogP contribution is 2.20. The molecule has 0 radical (unpaired) electrons. The van der Waals surface area contributed by atoms with Gasteiger partial charge in [0.2, 0.25) is 0 Å². The van der Waals surface area contributed by atoms with Gasteiger partial charge in [0.05, 0.1) is 7.11 Å². The molecular weight excluding hydrogens is 228 g/mol. The van der Waals surface area contributed by atoms with Gasteiger partial charge in [0.1, 0.15) is 17.4 Å². The number of hydrogen-bond donors (Lipinski definition) is 1. The quantitative estimate of drug-likeness (QED) is 0.487. The van der Waals surface area contributed by atoms with Gasteiger partial charge in [-0.05, 0) is 12.1 Å². The minimum atomic E-state index is -0.427. The lowest BCUT2D eigenvalue weighted by Crippen LogP contribution is -2.24. The maximum atomic E-state index is 11.6. The van der Waals surface area contributed by atoms with Crippen molar-refractivity contribution in [1.82, 2.24) is 5.32 Å². The highest BCUT2D eigenvalue weighted by atomic mass is 16.5. The molecule has 0 fully saturated rings. The van der Waals surface area contributed by atoms with E-state index in [0.29, 0.717) is 17.9 Å². The number of amides is 1. The fourth-order valence-corrected chi connectivity index (χ4v) is 1.35. The molecule has 0 bridgehead atoms. The van der Waals surface area contributed by atoms with E-state index in [0.717, 1.165) is 0 Å². The molecule has 0 aliphatic carbocycles. The molecule has 1 rings (SSSR count). The molecule has 1 aromatic carbocycles. The molecule has 0 saturated heterocycles. The van der Waals surface area contributed by atoms with Crippen LogP contribution < -0.4 is 10.1 Å². The maximum absolute atomic E-state index is 11.6. The third-order valence-electron chi connectivity index (χ3n) is 2.21. The van der Waals surface area contributed by atoms with Crippen molar-refractivity contribution in [2.24, 2.45) is 0 Å². The Hall–Kier alpha value is -2.54. The highest BCUT2D eigenvalue weighted by Gasteiger charge is 2.09. The first-order valence-corrected chi connectivity index (χ1v) is 5.36. The van der Waals surface area contributed by atoms with Crippen LogP contribution in [0, 0.1) is 11.3 Å². The normalized spacial score (nSPS) is 10.3. The summed E-state index contributed by atoms with van der Waals surface area (Å²) in [5.41, 5.74) is 0.714. The van der Waals surface area contributed by atoms with Gasteiger partial charge in [0.15, 0.2) is 0 Å². The van der Waals surface area contributed by atoms with Gasteiger partial charge in [-0.3, -0.25) is 4.79 Å². The first kappa shape index (κ1) is 13.5. The Morgan fingerprint density at radius 3 is 2.89 bits per heavy atom. The van der Waals surface area contributed by atoms with Crippen molar-refractivity contribution >= 4 is 12.0 Å². The van der Waals surface area contributed by atoms with Gasteiger partial charge in [0, 0.05) is 12.1 Å². The molecule has 4 nitrogen and oxygen atoms in total. The second-order valence-corrected chi connectivity index (χ2v) is 3.41. The Labute approximate surface area is 106 Å². The molecule has 0 aromatic heterocycles. The monoisotopic (exact) mass is 242 g/mol. The molecule has 0 spiro atoms. The molecule has 4 heteroatoms. The summed E-state index contributed by atoms with van der Waals surface area (Å²) in [6.45, 7) is 3.82. The lowest BCUT2D eigenvalue weighted by molar-refractivity contribution is -0.116. The summed E-state index contributed by atoms with van der Waals surface area (Å²) in [5.74, 6) is 0.185. The van der Waals surface area contributed by atoms with Crippen molar-refractivity contribution in [2.45, 2.75) is 0 Å². The predicted molar refractivity (Wildman–Crippen MR) is 69.8 cm³/mol. The minimum absolute atomic E-state index is 0.0290. The van der Waals surface area contributed by atoms with E-state index in [1.807, 2.05) is 18.2 Å². The molecule has 92 valence electrons. The van der Waals surface area contributed by atoms with Crippen LogP contribution in [0.25, 0.3) is 6.08 Å². The third kappa shape index (κ3) is 3.49. The lowest BCUT2D eigenvalue weighted by atomic mass is 10.1. The second-order valence-electron chi connectivity index (χ2n) is 3.41. The van der Waals surface area contributed by atoms with Crippen LogP contribution in [-0.4, -0.2) is 19.6 Å². The van der Waals surface area contributed by atoms with Gasteiger partial charge in [-0.2, -0.15) is 5.26 Å². The van der Waals surface area contributed by atoms with Crippen molar-refractivity contribution in [2.75, 3.05) is 13.7 Å². The Morgan fingerprint density at radius 2 is 2.28 bits per heavy atom. The van der Waals surface area contributed by atoms with Gasteiger partial charge in [-0.1, -0.05) is 24.3 Å².